The molecule has 0 aromatic heterocycles. The molecule has 0 fully saturated rings. The van der Waals surface area contributed by atoms with E-state index in [2.05, 4.69) is 105 Å². The Hall–Kier alpha value is -3.22. The van der Waals surface area contributed by atoms with Crippen LogP contribution in [0.2, 0.25) is 0 Å². The van der Waals surface area contributed by atoms with Gasteiger partial charge in [-0.2, -0.15) is 0 Å². The Labute approximate surface area is 156 Å². The summed E-state index contributed by atoms with van der Waals surface area (Å²) in [5.41, 5.74) is 7.88. The van der Waals surface area contributed by atoms with E-state index in [9.17, 15) is 0 Å². The summed E-state index contributed by atoms with van der Waals surface area (Å²) >= 11 is 0. The highest BCUT2D eigenvalue weighted by atomic mass is 14.0. The summed E-state index contributed by atoms with van der Waals surface area (Å²) in [5.74, 6) is 13.0. The molecule has 0 spiro atoms. The third-order valence-corrected chi connectivity index (χ3v) is 4.33. The summed E-state index contributed by atoms with van der Waals surface area (Å²) in [7, 11) is 0. The highest BCUT2D eigenvalue weighted by Gasteiger charge is 1.96. The van der Waals surface area contributed by atoms with Crippen LogP contribution in [0.5, 0.6) is 0 Å². The Balaban J connectivity index is 1.78. The Morgan fingerprint density at radius 2 is 1.15 bits per heavy atom. The van der Waals surface area contributed by atoms with E-state index in [-0.39, 0.29) is 0 Å². The van der Waals surface area contributed by atoms with E-state index in [4.69, 9.17) is 0 Å². The van der Waals surface area contributed by atoms with E-state index in [1.54, 1.807) is 0 Å². The van der Waals surface area contributed by atoms with Gasteiger partial charge in [0.1, 0.15) is 0 Å². The van der Waals surface area contributed by atoms with E-state index < -0.39 is 0 Å². The second kappa shape index (κ2) is 8.24. The van der Waals surface area contributed by atoms with Crippen LogP contribution >= 0.6 is 0 Å². The lowest BCUT2D eigenvalue weighted by Gasteiger charge is -1.99. The molecule has 0 aliphatic heterocycles. The second-order valence-corrected chi connectivity index (χ2v) is 6.45. The molecule has 0 saturated carbocycles. The minimum Gasteiger partial charge on any atom is -0.0617 e. The zero-order valence-electron chi connectivity index (χ0n) is 15.6. The van der Waals surface area contributed by atoms with Gasteiger partial charge in [0.25, 0.3) is 0 Å². The van der Waals surface area contributed by atoms with Crippen molar-refractivity contribution in [2.75, 3.05) is 0 Å². The fourth-order valence-electron chi connectivity index (χ4n) is 2.63. The van der Waals surface area contributed by atoms with Crippen molar-refractivity contribution in [1.29, 1.82) is 0 Å². The summed E-state index contributed by atoms with van der Waals surface area (Å²) in [6, 6.07) is 22.9. The molecule has 0 nitrogen and oxygen atoms in total. The van der Waals surface area contributed by atoms with Crippen molar-refractivity contribution in [1.82, 2.24) is 0 Å². The standard InChI is InChI=1S/C26H22/c1-4-22-9-11-24(12-10-22)15-17-26-18-16-25(19-21(26)3)14-13-23-7-5-20(2)6-8-23/h5-12,16,18-19H,4H2,1-3H3. The van der Waals surface area contributed by atoms with Gasteiger partial charge in [-0.15, -0.1) is 0 Å². The van der Waals surface area contributed by atoms with Crippen LogP contribution in [0, 0.1) is 37.5 Å². The first kappa shape index (κ1) is 17.6. The largest absolute Gasteiger partial charge is 0.0617 e. The van der Waals surface area contributed by atoms with Gasteiger partial charge in [-0.1, -0.05) is 60.4 Å². The van der Waals surface area contributed by atoms with Gasteiger partial charge < -0.3 is 0 Å². The quantitative estimate of drug-likeness (QED) is 0.503. The summed E-state index contributed by atoms with van der Waals surface area (Å²) < 4.78 is 0. The zero-order valence-corrected chi connectivity index (χ0v) is 15.6. The van der Waals surface area contributed by atoms with Crippen molar-refractivity contribution in [2.24, 2.45) is 0 Å². The number of rotatable bonds is 1. The molecule has 0 N–H and O–H groups in total. The maximum atomic E-state index is 3.28. The summed E-state index contributed by atoms with van der Waals surface area (Å²) in [6.45, 7) is 6.33. The summed E-state index contributed by atoms with van der Waals surface area (Å²) in [4.78, 5) is 0. The fraction of sp³-hybridized carbons (Fsp3) is 0.154. The third-order valence-electron chi connectivity index (χ3n) is 4.33. The van der Waals surface area contributed by atoms with Gasteiger partial charge in [0.2, 0.25) is 0 Å². The summed E-state index contributed by atoms with van der Waals surface area (Å²) in [5, 5.41) is 0. The number of aryl methyl sites for hydroxylation is 3. The number of hydrogen-bond donors (Lipinski definition) is 0. The predicted molar refractivity (Wildman–Crippen MR) is 110 cm³/mol. The average molecular weight is 334 g/mol. The van der Waals surface area contributed by atoms with Gasteiger partial charge in [0.05, 0.1) is 0 Å². The molecule has 0 aliphatic carbocycles. The van der Waals surface area contributed by atoms with Gasteiger partial charge in [0.15, 0.2) is 0 Å². The normalized spacial score (nSPS) is 9.65. The highest BCUT2D eigenvalue weighted by molar-refractivity contribution is 5.51. The lowest BCUT2D eigenvalue weighted by molar-refractivity contribution is 1.14. The van der Waals surface area contributed by atoms with E-state index in [0.717, 1.165) is 34.2 Å². The van der Waals surface area contributed by atoms with Gasteiger partial charge in [-0.05, 0) is 73.9 Å². The molecule has 3 aromatic carbocycles. The molecule has 0 bridgehead atoms. The van der Waals surface area contributed by atoms with Crippen LogP contribution in [-0.2, 0) is 6.42 Å². The molecular weight excluding hydrogens is 312 g/mol. The van der Waals surface area contributed by atoms with Crippen LogP contribution in [0.4, 0.5) is 0 Å². The lowest BCUT2D eigenvalue weighted by atomic mass is 10.0. The monoisotopic (exact) mass is 334 g/mol. The van der Waals surface area contributed by atoms with Gasteiger partial charge in [-0.25, -0.2) is 0 Å². The van der Waals surface area contributed by atoms with E-state index in [1.807, 2.05) is 6.07 Å². The fourth-order valence-corrected chi connectivity index (χ4v) is 2.63. The highest BCUT2D eigenvalue weighted by Crippen LogP contribution is 2.11. The van der Waals surface area contributed by atoms with Crippen molar-refractivity contribution in [3.05, 3.63) is 106 Å². The zero-order chi connectivity index (χ0) is 18.4. The summed E-state index contributed by atoms with van der Waals surface area (Å²) in [6.07, 6.45) is 1.05. The van der Waals surface area contributed by atoms with E-state index >= 15 is 0 Å². The van der Waals surface area contributed by atoms with Crippen LogP contribution in [-0.4, -0.2) is 0 Å². The molecule has 0 radical (unpaired) electrons. The molecule has 3 rings (SSSR count). The third kappa shape index (κ3) is 4.66. The molecule has 0 heteroatoms. The smallest absolute Gasteiger partial charge is 0.0279 e. The number of benzene rings is 3. The van der Waals surface area contributed by atoms with E-state index in [0.29, 0.717) is 0 Å². The second-order valence-electron chi connectivity index (χ2n) is 6.45. The van der Waals surface area contributed by atoms with Crippen LogP contribution in [0.3, 0.4) is 0 Å². The molecule has 3 aromatic rings. The Kier molecular flexibility index (Phi) is 5.58. The van der Waals surface area contributed by atoms with Crippen LogP contribution in [0.25, 0.3) is 0 Å². The molecule has 0 heterocycles. The Morgan fingerprint density at radius 1 is 0.615 bits per heavy atom. The average Bonchev–Trinajstić information content (AvgIpc) is 2.67. The number of hydrogen-bond acceptors (Lipinski definition) is 0. The maximum Gasteiger partial charge on any atom is 0.0279 e. The van der Waals surface area contributed by atoms with E-state index in [1.165, 1.54) is 11.1 Å². The Morgan fingerprint density at radius 3 is 1.77 bits per heavy atom. The van der Waals surface area contributed by atoms with Crippen molar-refractivity contribution >= 4 is 0 Å². The van der Waals surface area contributed by atoms with Crippen molar-refractivity contribution in [3.8, 4) is 23.7 Å². The first-order valence-electron chi connectivity index (χ1n) is 8.94. The van der Waals surface area contributed by atoms with Crippen LogP contribution in [0.15, 0.2) is 66.7 Å². The van der Waals surface area contributed by atoms with Gasteiger partial charge >= 0.3 is 0 Å². The topological polar surface area (TPSA) is 0 Å². The van der Waals surface area contributed by atoms with Crippen molar-refractivity contribution in [2.45, 2.75) is 27.2 Å². The molecule has 0 amide bonds. The van der Waals surface area contributed by atoms with Gasteiger partial charge in [0, 0.05) is 22.3 Å². The molecule has 0 atom stereocenters. The SMILES string of the molecule is CCc1ccc(C#Cc2ccc(C#Cc3ccc(C)cc3)cc2C)cc1. The molecule has 0 aliphatic rings. The van der Waals surface area contributed by atoms with Crippen LogP contribution < -0.4 is 0 Å². The first-order chi connectivity index (χ1) is 12.6. The minimum absolute atomic E-state index is 1.01. The molecular formula is C26H22. The maximum absolute atomic E-state index is 3.28. The molecule has 0 saturated heterocycles. The van der Waals surface area contributed by atoms with Gasteiger partial charge in [-0.3, -0.25) is 0 Å². The predicted octanol–water partition coefficient (Wildman–Crippen LogP) is 5.67. The first-order valence-corrected chi connectivity index (χ1v) is 8.94. The van der Waals surface area contributed by atoms with Crippen molar-refractivity contribution < 1.29 is 0 Å². The Bertz CT molecular complexity index is 1010. The lowest BCUT2D eigenvalue weighted by Crippen LogP contribution is -1.85. The molecule has 0 unspecified atom stereocenters. The van der Waals surface area contributed by atoms with Crippen molar-refractivity contribution in [3.63, 3.8) is 0 Å². The molecule has 26 heavy (non-hydrogen) atoms. The molecule has 126 valence electrons. The minimum atomic E-state index is 1.01. The van der Waals surface area contributed by atoms with Crippen LogP contribution in [0.1, 0.15) is 45.9 Å².